The van der Waals surface area contributed by atoms with Crippen molar-refractivity contribution in [3.05, 3.63) is 52.9 Å². The van der Waals surface area contributed by atoms with Gasteiger partial charge in [-0.1, -0.05) is 30.0 Å². The van der Waals surface area contributed by atoms with Gasteiger partial charge in [-0.25, -0.2) is 4.98 Å². The quantitative estimate of drug-likeness (QED) is 0.489. The molecule has 3 aromatic rings. The van der Waals surface area contributed by atoms with E-state index in [2.05, 4.69) is 4.98 Å². The number of carboxylic acids is 1. The van der Waals surface area contributed by atoms with E-state index in [1.807, 2.05) is 24.3 Å². The number of para-hydroxylation sites is 1. The molecular formula is C18H14NO4S2-. The number of carboxylic acid groups (broad SMARTS) is 1. The molecule has 0 fully saturated rings. The Morgan fingerprint density at radius 1 is 1.16 bits per heavy atom. The second-order valence-corrected chi connectivity index (χ2v) is 7.28. The lowest BCUT2D eigenvalue weighted by Gasteiger charge is -2.09. The van der Waals surface area contributed by atoms with Gasteiger partial charge in [0.25, 0.3) is 0 Å². The number of rotatable bonds is 6. The van der Waals surface area contributed by atoms with E-state index in [1.165, 1.54) is 24.5 Å². The highest BCUT2D eigenvalue weighted by molar-refractivity contribution is 8.05. The average Bonchev–Trinajstić information content (AvgIpc) is 3.03. The minimum absolute atomic E-state index is 0.0753. The monoisotopic (exact) mass is 372 g/mol. The smallest absolute Gasteiger partial charge is 0.161 e. The predicted octanol–water partition coefficient (Wildman–Crippen LogP) is 3.20. The van der Waals surface area contributed by atoms with Crippen molar-refractivity contribution in [1.82, 2.24) is 4.98 Å². The molecule has 0 radical (unpaired) electrons. The molecule has 25 heavy (non-hydrogen) atoms. The molecule has 0 amide bonds. The Morgan fingerprint density at radius 2 is 1.92 bits per heavy atom. The number of thiazole rings is 1. The van der Waals surface area contributed by atoms with Gasteiger partial charge in [-0.2, -0.15) is 0 Å². The van der Waals surface area contributed by atoms with Crippen LogP contribution >= 0.6 is 23.1 Å². The van der Waals surface area contributed by atoms with Crippen LogP contribution < -0.4 is 14.6 Å². The second-order valence-electron chi connectivity index (χ2n) is 4.96. The minimum Gasteiger partial charge on any atom is -0.544 e. The summed E-state index contributed by atoms with van der Waals surface area (Å²) in [5.41, 5.74) is 1.52. The molecule has 0 N–H and O–H groups in total. The van der Waals surface area contributed by atoms with Crippen LogP contribution in [0.2, 0.25) is 0 Å². The largest absolute Gasteiger partial charge is 0.544 e. The zero-order chi connectivity index (χ0) is 17.8. The highest BCUT2D eigenvalue weighted by Gasteiger charge is 2.10. The number of benzene rings is 2. The van der Waals surface area contributed by atoms with E-state index in [1.54, 1.807) is 25.3 Å². The molecule has 0 spiro atoms. The van der Waals surface area contributed by atoms with E-state index >= 15 is 0 Å². The first-order chi connectivity index (χ1) is 12.1. The number of thioether (sulfide) groups is 1. The number of methoxy groups -OCH3 is 2. The number of carbonyl (C=O) groups is 1. The van der Waals surface area contributed by atoms with Crippen LogP contribution in [0.25, 0.3) is 16.3 Å². The number of hydrogen-bond acceptors (Lipinski definition) is 7. The number of nitrogens with zero attached hydrogens (tertiary/aromatic N) is 1. The molecule has 0 unspecified atom stereocenters. The standard InChI is InChI=1S/C18H15NO4S2/c1-22-13-8-7-11(9-14(13)23-2)10-16(17(20)21)25-18-19-12-5-3-4-6-15(12)24-18/h3-10H,1-2H3,(H,20,21)/p-1/b16-10+. The van der Waals surface area contributed by atoms with Crippen molar-refractivity contribution < 1.29 is 19.4 Å². The van der Waals surface area contributed by atoms with Gasteiger partial charge >= 0.3 is 0 Å². The summed E-state index contributed by atoms with van der Waals surface area (Å²) in [6.45, 7) is 0. The van der Waals surface area contributed by atoms with Gasteiger partial charge in [0.2, 0.25) is 0 Å². The van der Waals surface area contributed by atoms with Gasteiger partial charge in [0.05, 0.1) is 30.4 Å². The van der Waals surface area contributed by atoms with Gasteiger partial charge in [0.1, 0.15) is 0 Å². The summed E-state index contributed by atoms with van der Waals surface area (Å²) in [5, 5.41) is 11.5. The van der Waals surface area contributed by atoms with Crippen LogP contribution in [-0.2, 0) is 4.79 Å². The van der Waals surface area contributed by atoms with Gasteiger partial charge in [0.15, 0.2) is 15.8 Å². The maximum Gasteiger partial charge on any atom is 0.161 e. The molecule has 0 aliphatic heterocycles. The lowest BCUT2D eigenvalue weighted by atomic mass is 10.2. The summed E-state index contributed by atoms with van der Waals surface area (Å²) in [4.78, 5) is 16.0. The maximum absolute atomic E-state index is 11.5. The zero-order valence-corrected chi connectivity index (χ0v) is 15.1. The average molecular weight is 372 g/mol. The molecule has 0 atom stereocenters. The predicted molar refractivity (Wildman–Crippen MR) is 98.0 cm³/mol. The Morgan fingerprint density at radius 3 is 2.60 bits per heavy atom. The van der Waals surface area contributed by atoms with E-state index in [0.717, 1.165) is 22.0 Å². The number of carbonyl (C=O) groups excluding carboxylic acids is 1. The van der Waals surface area contributed by atoms with Crippen molar-refractivity contribution in [2.24, 2.45) is 0 Å². The minimum atomic E-state index is -1.25. The van der Waals surface area contributed by atoms with Gasteiger partial charge in [-0.05, 0) is 35.9 Å². The highest BCUT2D eigenvalue weighted by Crippen LogP contribution is 2.35. The molecular weight excluding hydrogens is 358 g/mol. The molecule has 5 nitrogen and oxygen atoms in total. The summed E-state index contributed by atoms with van der Waals surface area (Å²) in [5.74, 6) is -0.147. The number of ether oxygens (including phenoxy) is 2. The highest BCUT2D eigenvalue weighted by atomic mass is 32.2. The summed E-state index contributed by atoms with van der Waals surface area (Å²) < 4.78 is 12.1. The molecule has 1 heterocycles. The fraction of sp³-hybridized carbons (Fsp3) is 0.111. The van der Waals surface area contributed by atoms with Crippen molar-refractivity contribution in [2.45, 2.75) is 4.34 Å². The van der Waals surface area contributed by atoms with Crippen LogP contribution in [0.1, 0.15) is 5.56 Å². The van der Waals surface area contributed by atoms with E-state index in [0.29, 0.717) is 21.4 Å². The van der Waals surface area contributed by atoms with E-state index < -0.39 is 5.97 Å². The normalized spacial score (nSPS) is 11.5. The van der Waals surface area contributed by atoms with Gasteiger partial charge < -0.3 is 19.4 Å². The fourth-order valence-electron chi connectivity index (χ4n) is 2.21. The molecule has 3 rings (SSSR count). The van der Waals surface area contributed by atoms with Crippen molar-refractivity contribution in [2.75, 3.05) is 14.2 Å². The second kappa shape index (κ2) is 7.58. The number of fused-ring (bicyclic) bond motifs is 1. The third kappa shape index (κ3) is 3.94. The van der Waals surface area contributed by atoms with E-state index in [9.17, 15) is 9.90 Å². The third-order valence-corrected chi connectivity index (χ3v) is 5.48. The van der Waals surface area contributed by atoms with E-state index in [4.69, 9.17) is 9.47 Å². The lowest BCUT2D eigenvalue weighted by molar-refractivity contribution is -0.297. The number of aliphatic carboxylic acids is 1. The summed E-state index contributed by atoms with van der Waals surface area (Å²) in [6, 6.07) is 12.9. The summed E-state index contributed by atoms with van der Waals surface area (Å²) in [7, 11) is 3.07. The molecule has 0 bridgehead atoms. The molecule has 0 saturated heterocycles. The Bertz CT molecular complexity index is 916. The molecule has 0 aliphatic carbocycles. The Labute approximate surface area is 152 Å². The number of hydrogen-bond donors (Lipinski definition) is 0. The molecule has 1 aromatic heterocycles. The summed E-state index contributed by atoms with van der Waals surface area (Å²) in [6.07, 6.45) is 1.54. The van der Waals surface area contributed by atoms with Crippen molar-refractivity contribution in [3.8, 4) is 11.5 Å². The van der Waals surface area contributed by atoms with E-state index in [-0.39, 0.29) is 4.91 Å². The van der Waals surface area contributed by atoms with Gasteiger partial charge in [0, 0.05) is 4.91 Å². The molecule has 7 heteroatoms. The Kier molecular flexibility index (Phi) is 5.25. The zero-order valence-electron chi connectivity index (χ0n) is 13.5. The Balaban J connectivity index is 1.92. The summed E-state index contributed by atoms with van der Waals surface area (Å²) >= 11 is 2.52. The van der Waals surface area contributed by atoms with Crippen LogP contribution in [0.5, 0.6) is 11.5 Å². The van der Waals surface area contributed by atoms with Crippen molar-refractivity contribution in [1.29, 1.82) is 0 Å². The van der Waals surface area contributed by atoms with Gasteiger partial charge in [-0.15, -0.1) is 11.3 Å². The lowest BCUT2D eigenvalue weighted by Crippen LogP contribution is -2.22. The molecule has 128 valence electrons. The van der Waals surface area contributed by atoms with Crippen LogP contribution in [-0.4, -0.2) is 25.2 Å². The van der Waals surface area contributed by atoms with Crippen molar-refractivity contribution in [3.63, 3.8) is 0 Å². The van der Waals surface area contributed by atoms with Crippen LogP contribution in [0.4, 0.5) is 0 Å². The first kappa shape index (κ1) is 17.3. The molecule has 2 aromatic carbocycles. The first-order valence-corrected chi connectivity index (χ1v) is 8.92. The number of aromatic nitrogens is 1. The van der Waals surface area contributed by atoms with Crippen LogP contribution in [0.15, 0.2) is 51.7 Å². The van der Waals surface area contributed by atoms with Crippen LogP contribution in [0, 0.1) is 0 Å². The fourth-order valence-corrected chi connectivity index (χ4v) is 4.23. The first-order valence-electron chi connectivity index (χ1n) is 7.29. The topological polar surface area (TPSA) is 71.5 Å². The molecule has 0 saturated carbocycles. The molecule has 0 aliphatic rings. The van der Waals surface area contributed by atoms with Gasteiger partial charge in [-0.3, -0.25) is 0 Å². The SMILES string of the molecule is COc1ccc(/C=C(/Sc2nc3ccccc3s2)C(=O)[O-])cc1OC. The third-order valence-electron chi connectivity index (χ3n) is 3.38. The van der Waals surface area contributed by atoms with Crippen LogP contribution in [0.3, 0.4) is 0 Å². The van der Waals surface area contributed by atoms with Crippen molar-refractivity contribution >= 4 is 45.4 Å². The maximum atomic E-state index is 11.5. The Hall–Kier alpha value is -2.51.